The topological polar surface area (TPSA) is 73.9 Å². The molecule has 0 bridgehead atoms. The highest BCUT2D eigenvalue weighted by Crippen LogP contribution is 2.25. The first-order valence-electron chi connectivity index (χ1n) is 13.5. The summed E-state index contributed by atoms with van der Waals surface area (Å²) in [6, 6.07) is 15.1. The molecule has 0 atom stereocenters. The summed E-state index contributed by atoms with van der Waals surface area (Å²) in [4.78, 5) is 30.5. The van der Waals surface area contributed by atoms with Crippen LogP contribution >= 0.6 is 0 Å². The third-order valence-electron chi connectivity index (χ3n) is 7.00. The molecule has 194 valence electrons. The number of hydrogen-bond donors (Lipinski definition) is 2. The highest BCUT2D eigenvalue weighted by Gasteiger charge is 2.21. The van der Waals surface area contributed by atoms with Crippen molar-refractivity contribution in [1.82, 2.24) is 15.5 Å². The second kappa shape index (κ2) is 14.0. The molecule has 36 heavy (non-hydrogen) atoms. The number of para-hydroxylation sites is 1. The van der Waals surface area contributed by atoms with Crippen LogP contribution in [0.1, 0.15) is 60.9 Å². The second-order valence-electron chi connectivity index (χ2n) is 9.74. The van der Waals surface area contributed by atoms with Crippen LogP contribution in [-0.2, 0) is 11.3 Å². The zero-order valence-electron chi connectivity index (χ0n) is 21.3. The Balaban J connectivity index is 1.48. The van der Waals surface area contributed by atoms with Gasteiger partial charge in [0.2, 0.25) is 0 Å². The van der Waals surface area contributed by atoms with Crippen molar-refractivity contribution >= 4 is 17.5 Å². The van der Waals surface area contributed by atoms with Crippen LogP contribution in [0, 0.1) is 0 Å². The number of hydrogen-bond acceptors (Lipinski definition) is 5. The minimum absolute atomic E-state index is 0.0182. The van der Waals surface area contributed by atoms with Crippen LogP contribution in [0.3, 0.4) is 0 Å². The molecule has 7 nitrogen and oxygen atoms in total. The van der Waals surface area contributed by atoms with Crippen LogP contribution in [-0.4, -0.2) is 62.6 Å². The largest absolute Gasteiger partial charge is 0.484 e. The van der Waals surface area contributed by atoms with Crippen LogP contribution < -0.4 is 20.3 Å². The Hall–Kier alpha value is -2.90. The van der Waals surface area contributed by atoms with Gasteiger partial charge in [-0.05, 0) is 81.2 Å². The number of likely N-dealkylation sites (tertiary alicyclic amines) is 1. The zero-order chi connectivity index (χ0) is 25.0. The summed E-state index contributed by atoms with van der Waals surface area (Å²) in [5.74, 6) is 0.552. The maximum absolute atomic E-state index is 13.3. The summed E-state index contributed by atoms with van der Waals surface area (Å²) < 4.78 is 5.78. The average Bonchev–Trinajstić information content (AvgIpc) is 3.42. The number of anilines is 1. The van der Waals surface area contributed by atoms with E-state index in [-0.39, 0.29) is 18.4 Å². The molecule has 0 unspecified atom stereocenters. The Morgan fingerprint density at radius 3 is 2.47 bits per heavy atom. The van der Waals surface area contributed by atoms with Gasteiger partial charge in [0.15, 0.2) is 6.61 Å². The minimum Gasteiger partial charge on any atom is -0.484 e. The van der Waals surface area contributed by atoms with E-state index < -0.39 is 0 Å². The van der Waals surface area contributed by atoms with Gasteiger partial charge in [0.25, 0.3) is 11.8 Å². The van der Waals surface area contributed by atoms with Gasteiger partial charge in [-0.3, -0.25) is 9.59 Å². The number of carbonyl (C=O) groups is 2. The molecule has 0 spiro atoms. The minimum atomic E-state index is -0.0695. The van der Waals surface area contributed by atoms with Crippen molar-refractivity contribution in [1.29, 1.82) is 0 Å². The Kier molecular flexibility index (Phi) is 10.2. The van der Waals surface area contributed by atoms with Crippen LogP contribution in [0.25, 0.3) is 0 Å². The Bertz CT molecular complexity index is 976. The molecular weight excluding hydrogens is 452 g/mol. The third-order valence-corrected chi connectivity index (χ3v) is 7.00. The summed E-state index contributed by atoms with van der Waals surface area (Å²) >= 11 is 0. The zero-order valence-corrected chi connectivity index (χ0v) is 21.3. The molecular formula is C29H40N4O3. The van der Waals surface area contributed by atoms with Gasteiger partial charge < -0.3 is 25.2 Å². The first-order valence-corrected chi connectivity index (χ1v) is 13.5. The molecule has 2 aromatic carbocycles. The first-order chi connectivity index (χ1) is 17.7. The predicted molar refractivity (Wildman–Crippen MR) is 144 cm³/mol. The lowest BCUT2D eigenvalue weighted by atomic mass is 10.0. The average molecular weight is 493 g/mol. The molecule has 0 aromatic heterocycles. The molecule has 2 aliphatic rings. The van der Waals surface area contributed by atoms with E-state index in [0.717, 1.165) is 56.7 Å². The number of carbonyl (C=O) groups excluding carboxylic acids is 2. The molecule has 0 aliphatic carbocycles. The fourth-order valence-electron chi connectivity index (χ4n) is 4.96. The van der Waals surface area contributed by atoms with Crippen molar-refractivity contribution in [2.75, 3.05) is 50.8 Å². The van der Waals surface area contributed by atoms with E-state index in [4.69, 9.17) is 4.74 Å². The molecule has 1 fully saturated rings. The van der Waals surface area contributed by atoms with Crippen LogP contribution in [0.15, 0.2) is 48.5 Å². The summed E-state index contributed by atoms with van der Waals surface area (Å²) in [6.45, 7) is 5.96. The summed E-state index contributed by atoms with van der Waals surface area (Å²) in [5.41, 5.74) is 2.46. The smallest absolute Gasteiger partial charge is 0.264 e. The molecule has 2 N–H and O–H groups in total. The summed E-state index contributed by atoms with van der Waals surface area (Å²) in [7, 11) is 0. The van der Waals surface area contributed by atoms with Gasteiger partial charge in [-0.15, -0.1) is 0 Å². The van der Waals surface area contributed by atoms with E-state index in [1.54, 1.807) is 0 Å². The van der Waals surface area contributed by atoms with E-state index in [1.807, 2.05) is 53.4 Å². The first kappa shape index (κ1) is 26.2. The van der Waals surface area contributed by atoms with Gasteiger partial charge in [-0.2, -0.15) is 0 Å². The summed E-state index contributed by atoms with van der Waals surface area (Å²) in [5, 5.41) is 6.59. The van der Waals surface area contributed by atoms with Crippen molar-refractivity contribution in [2.45, 2.75) is 51.5 Å². The van der Waals surface area contributed by atoms with E-state index in [0.29, 0.717) is 30.9 Å². The van der Waals surface area contributed by atoms with Gasteiger partial charge in [0.1, 0.15) is 5.75 Å². The number of rotatable bonds is 7. The van der Waals surface area contributed by atoms with Gasteiger partial charge in [-0.1, -0.05) is 37.5 Å². The highest BCUT2D eigenvalue weighted by molar-refractivity contribution is 5.98. The van der Waals surface area contributed by atoms with E-state index in [9.17, 15) is 9.59 Å². The van der Waals surface area contributed by atoms with Crippen molar-refractivity contribution in [3.63, 3.8) is 0 Å². The number of nitrogens with one attached hydrogen (secondary N) is 2. The van der Waals surface area contributed by atoms with Gasteiger partial charge >= 0.3 is 0 Å². The molecule has 7 heteroatoms. The number of amides is 2. The second-order valence-corrected chi connectivity index (χ2v) is 9.74. The fraction of sp³-hybridized carbons (Fsp3) is 0.517. The van der Waals surface area contributed by atoms with Gasteiger partial charge in [0.05, 0.1) is 0 Å². The van der Waals surface area contributed by atoms with E-state index in [1.165, 1.54) is 25.7 Å². The van der Waals surface area contributed by atoms with E-state index in [2.05, 4.69) is 15.5 Å². The SMILES string of the molecule is O=C(NCCN1CCCC1)c1ccc2c(c1)CNCCCCCCCN2C(=O)COc1ccccc1. The molecule has 0 saturated carbocycles. The molecule has 4 rings (SSSR count). The van der Waals surface area contributed by atoms with Crippen LogP contribution in [0.2, 0.25) is 0 Å². The third kappa shape index (κ3) is 7.80. The summed E-state index contributed by atoms with van der Waals surface area (Å²) in [6.07, 6.45) is 8.03. The predicted octanol–water partition coefficient (Wildman–Crippen LogP) is 3.98. The number of ether oxygens (including phenoxy) is 1. The highest BCUT2D eigenvalue weighted by atomic mass is 16.5. The van der Waals surface area contributed by atoms with Crippen molar-refractivity contribution in [3.8, 4) is 5.75 Å². The maximum atomic E-state index is 13.3. The molecule has 0 radical (unpaired) electrons. The monoisotopic (exact) mass is 492 g/mol. The number of benzene rings is 2. The van der Waals surface area contributed by atoms with Crippen molar-refractivity contribution < 1.29 is 14.3 Å². The fourth-order valence-corrected chi connectivity index (χ4v) is 4.96. The van der Waals surface area contributed by atoms with Gasteiger partial charge in [-0.25, -0.2) is 0 Å². The Morgan fingerprint density at radius 1 is 0.889 bits per heavy atom. The Morgan fingerprint density at radius 2 is 1.64 bits per heavy atom. The lowest BCUT2D eigenvalue weighted by molar-refractivity contribution is -0.120. The molecule has 2 amide bonds. The van der Waals surface area contributed by atoms with E-state index >= 15 is 0 Å². The van der Waals surface area contributed by atoms with Gasteiger partial charge in [0, 0.05) is 37.4 Å². The maximum Gasteiger partial charge on any atom is 0.264 e. The Labute approximate surface area is 215 Å². The van der Waals surface area contributed by atoms with Crippen LogP contribution in [0.5, 0.6) is 5.75 Å². The number of fused-ring (bicyclic) bond motifs is 1. The van der Waals surface area contributed by atoms with Crippen LogP contribution in [0.4, 0.5) is 5.69 Å². The lowest BCUT2D eigenvalue weighted by Crippen LogP contribution is -2.37. The molecule has 2 aliphatic heterocycles. The normalized spacial score (nSPS) is 17.5. The molecule has 2 aromatic rings. The molecule has 2 heterocycles. The van der Waals surface area contributed by atoms with Crippen molar-refractivity contribution in [3.05, 3.63) is 59.7 Å². The molecule has 1 saturated heterocycles. The lowest BCUT2D eigenvalue weighted by Gasteiger charge is -2.27. The number of nitrogens with zero attached hydrogens (tertiary/aromatic N) is 2. The van der Waals surface area contributed by atoms with Crippen molar-refractivity contribution in [2.24, 2.45) is 0 Å². The standard InChI is InChI=1S/C29H40N4O3/c34-28(23-36-26-11-5-4-6-12-26)33-19-8-3-1-2-7-15-30-22-25-21-24(13-14-27(25)33)29(35)31-16-20-32-17-9-10-18-32/h4-6,11-14,21,30H,1-3,7-10,15-20,22-23H2,(H,31,35). The quantitative estimate of drug-likeness (QED) is 0.612.